The topological polar surface area (TPSA) is 127 Å². The number of carbonyl (C=O) groups is 2. The number of halogens is 1. The molecule has 2 atom stereocenters. The first-order chi connectivity index (χ1) is 10.6. The maximum atomic E-state index is 11.4. The molecule has 7 heteroatoms. The van der Waals surface area contributed by atoms with Crippen LogP contribution < -0.4 is 11.5 Å². The molecule has 0 aliphatic rings. The number of rotatable bonds is 12. The van der Waals surface area contributed by atoms with Crippen molar-refractivity contribution in [3.05, 3.63) is 11.1 Å². The smallest absolute Gasteiger partial charge is 0.324 e. The van der Waals surface area contributed by atoms with E-state index in [-0.39, 0.29) is 17.9 Å². The van der Waals surface area contributed by atoms with E-state index >= 15 is 0 Å². The second-order valence-corrected chi connectivity index (χ2v) is 6.65. The Balaban J connectivity index is 4.97. The second kappa shape index (κ2) is 9.90. The van der Waals surface area contributed by atoms with Gasteiger partial charge in [-0.25, -0.2) is 0 Å². The Morgan fingerprint density at radius 2 is 1.43 bits per heavy atom. The van der Waals surface area contributed by atoms with E-state index in [0.717, 1.165) is 12.8 Å². The van der Waals surface area contributed by atoms with Crippen LogP contribution in [0.3, 0.4) is 0 Å². The quantitative estimate of drug-likeness (QED) is 0.429. The SMILES string of the molecule is CCCCC(N)(CC=C(Cl)CC(N)(CCCC)C(=O)O)C(=O)O. The number of aliphatic carboxylic acids is 2. The monoisotopic (exact) mass is 348 g/mol. The lowest BCUT2D eigenvalue weighted by Gasteiger charge is -2.26. The second-order valence-electron chi connectivity index (χ2n) is 6.16. The largest absolute Gasteiger partial charge is 0.480 e. The fraction of sp³-hybridized carbons (Fsp3) is 0.750. The van der Waals surface area contributed by atoms with Crippen LogP contribution in [0.15, 0.2) is 11.1 Å². The van der Waals surface area contributed by atoms with E-state index in [0.29, 0.717) is 25.7 Å². The molecule has 0 amide bonds. The van der Waals surface area contributed by atoms with Gasteiger partial charge >= 0.3 is 11.9 Å². The first-order valence-corrected chi connectivity index (χ1v) is 8.38. The summed E-state index contributed by atoms with van der Waals surface area (Å²) < 4.78 is 0. The fourth-order valence-corrected chi connectivity index (χ4v) is 2.53. The number of unbranched alkanes of at least 4 members (excludes halogenated alkanes) is 2. The molecular weight excluding hydrogens is 320 g/mol. The zero-order valence-electron chi connectivity index (χ0n) is 14.0. The average Bonchev–Trinajstić information content (AvgIpc) is 2.48. The van der Waals surface area contributed by atoms with Crippen molar-refractivity contribution >= 4 is 23.5 Å². The molecule has 0 aromatic heterocycles. The van der Waals surface area contributed by atoms with Crippen molar-refractivity contribution in [1.29, 1.82) is 0 Å². The zero-order valence-corrected chi connectivity index (χ0v) is 14.7. The molecule has 2 unspecified atom stereocenters. The molecule has 0 aliphatic carbocycles. The van der Waals surface area contributed by atoms with Gasteiger partial charge in [0.25, 0.3) is 0 Å². The van der Waals surface area contributed by atoms with Crippen LogP contribution in [0.5, 0.6) is 0 Å². The summed E-state index contributed by atoms with van der Waals surface area (Å²) in [7, 11) is 0. The van der Waals surface area contributed by atoms with Gasteiger partial charge in [0, 0.05) is 11.5 Å². The summed E-state index contributed by atoms with van der Waals surface area (Å²) >= 11 is 6.10. The normalized spacial score (nSPS) is 17.3. The van der Waals surface area contributed by atoms with Gasteiger partial charge in [-0.3, -0.25) is 9.59 Å². The van der Waals surface area contributed by atoms with Crippen LogP contribution in [0.25, 0.3) is 0 Å². The summed E-state index contributed by atoms with van der Waals surface area (Å²) in [4.78, 5) is 22.7. The third kappa shape index (κ3) is 7.33. The van der Waals surface area contributed by atoms with Crippen LogP contribution in [-0.2, 0) is 9.59 Å². The summed E-state index contributed by atoms with van der Waals surface area (Å²) in [6, 6.07) is 0. The van der Waals surface area contributed by atoms with Gasteiger partial charge in [0.1, 0.15) is 11.1 Å². The third-order valence-corrected chi connectivity index (χ3v) is 4.26. The van der Waals surface area contributed by atoms with Gasteiger partial charge in [0.05, 0.1) is 0 Å². The maximum absolute atomic E-state index is 11.4. The minimum atomic E-state index is -1.44. The first-order valence-electron chi connectivity index (χ1n) is 8.00. The number of carboxylic acid groups (broad SMARTS) is 2. The van der Waals surface area contributed by atoms with Crippen LogP contribution in [0.4, 0.5) is 0 Å². The maximum Gasteiger partial charge on any atom is 0.324 e. The van der Waals surface area contributed by atoms with Gasteiger partial charge in [0.15, 0.2) is 0 Å². The number of nitrogens with two attached hydrogens (primary N) is 2. The summed E-state index contributed by atoms with van der Waals surface area (Å²) in [5.41, 5.74) is 9.04. The molecule has 0 aliphatic heterocycles. The summed E-state index contributed by atoms with van der Waals surface area (Å²) in [6.07, 6.45) is 5.19. The fourth-order valence-electron chi connectivity index (χ4n) is 2.22. The summed E-state index contributed by atoms with van der Waals surface area (Å²) in [5, 5.41) is 18.8. The van der Waals surface area contributed by atoms with Gasteiger partial charge < -0.3 is 21.7 Å². The van der Waals surface area contributed by atoms with Crippen molar-refractivity contribution in [2.24, 2.45) is 11.5 Å². The van der Waals surface area contributed by atoms with Gasteiger partial charge in [0.2, 0.25) is 0 Å². The molecule has 0 saturated carbocycles. The molecule has 134 valence electrons. The summed E-state index contributed by atoms with van der Waals surface area (Å²) in [5.74, 6) is -2.20. The van der Waals surface area contributed by atoms with Crippen molar-refractivity contribution in [1.82, 2.24) is 0 Å². The number of hydrogen-bond acceptors (Lipinski definition) is 4. The molecule has 0 rings (SSSR count). The van der Waals surface area contributed by atoms with Gasteiger partial charge in [-0.05, 0) is 19.3 Å². The Bertz CT molecular complexity index is 442. The van der Waals surface area contributed by atoms with E-state index in [1.54, 1.807) is 0 Å². The van der Waals surface area contributed by atoms with E-state index in [1.165, 1.54) is 6.08 Å². The van der Waals surface area contributed by atoms with Gasteiger partial charge in [-0.15, -0.1) is 0 Å². The lowest BCUT2D eigenvalue weighted by molar-refractivity contribution is -0.144. The van der Waals surface area contributed by atoms with Crippen LogP contribution >= 0.6 is 11.6 Å². The molecule has 0 bridgehead atoms. The molecule has 0 spiro atoms. The Morgan fingerprint density at radius 1 is 1.00 bits per heavy atom. The molecular formula is C16H29ClN2O4. The van der Waals surface area contributed by atoms with Crippen LogP contribution in [0.1, 0.15) is 65.2 Å². The molecule has 0 saturated heterocycles. The number of hydrogen-bond donors (Lipinski definition) is 4. The van der Waals surface area contributed by atoms with E-state index in [9.17, 15) is 19.8 Å². The molecule has 0 heterocycles. The Kier molecular flexibility index (Phi) is 9.42. The Morgan fingerprint density at radius 3 is 1.83 bits per heavy atom. The van der Waals surface area contributed by atoms with E-state index in [4.69, 9.17) is 23.1 Å². The highest BCUT2D eigenvalue weighted by molar-refractivity contribution is 6.29. The molecule has 0 fully saturated rings. The lowest BCUT2D eigenvalue weighted by atomic mass is 9.87. The van der Waals surface area contributed by atoms with Gasteiger partial charge in [-0.1, -0.05) is 57.2 Å². The van der Waals surface area contributed by atoms with Crippen LogP contribution in [0.2, 0.25) is 0 Å². The van der Waals surface area contributed by atoms with Crippen LogP contribution in [-0.4, -0.2) is 33.2 Å². The minimum Gasteiger partial charge on any atom is -0.480 e. The highest BCUT2D eigenvalue weighted by atomic mass is 35.5. The molecule has 0 aromatic carbocycles. The molecule has 0 radical (unpaired) electrons. The number of carboxylic acids is 2. The molecule has 23 heavy (non-hydrogen) atoms. The highest BCUT2D eigenvalue weighted by Gasteiger charge is 2.35. The lowest BCUT2D eigenvalue weighted by Crippen LogP contribution is -2.48. The van der Waals surface area contributed by atoms with Crippen molar-refractivity contribution in [3.63, 3.8) is 0 Å². The summed E-state index contributed by atoms with van der Waals surface area (Å²) in [6.45, 7) is 3.90. The van der Waals surface area contributed by atoms with Gasteiger partial charge in [-0.2, -0.15) is 0 Å². The average molecular weight is 349 g/mol. The first kappa shape index (κ1) is 21.9. The van der Waals surface area contributed by atoms with Crippen molar-refractivity contribution in [3.8, 4) is 0 Å². The van der Waals surface area contributed by atoms with E-state index in [2.05, 4.69) is 0 Å². The Labute approximate surface area is 142 Å². The van der Waals surface area contributed by atoms with Crippen molar-refractivity contribution in [2.45, 2.75) is 76.3 Å². The highest BCUT2D eigenvalue weighted by Crippen LogP contribution is 2.26. The zero-order chi connectivity index (χ0) is 18.1. The van der Waals surface area contributed by atoms with E-state index < -0.39 is 23.0 Å². The predicted octanol–water partition coefficient (Wildman–Crippen LogP) is 2.83. The molecule has 6 nitrogen and oxygen atoms in total. The predicted molar refractivity (Wildman–Crippen MR) is 91.3 cm³/mol. The minimum absolute atomic E-state index is 0.0344. The molecule has 6 N–H and O–H groups in total. The van der Waals surface area contributed by atoms with Crippen LogP contribution in [0, 0.1) is 0 Å². The van der Waals surface area contributed by atoms with E-state index in [1.807, 2.05) is 13.8 Å². The Hall–Kier alpha value is -1.11. The third-order valence-electron chi connectivity index (χ3n) is 3.98. The molecule has 0 aromatic rings. The van der Waals surface area contributed by atoms with Crippen molar-refractivity contribution < 1.29 is 19.8 Å². The standard InChI is InChI=1S/C16H29ClN2O4/c1-3-5-8-15(18,13(20)21)10-7-12(17)11-16(19,14(22)23)9-6-4-2/h7H,3-6,8-11,18-19H2,1-2H3,(H,20,21)(H,22,23). The van der Waals surface area contributed by atoms with Crippen molar-refractivity contribution in [2.75, 3.05) is 0 Å².